The molecule has 132 valence electrons. The van der Waals surface area contributed by atoms with Gasteiger partial charge in [-0.25, -0.2) is 0 Å². The maximum absolute atomic E-state index is 11.9. The second-order valence-corrected chi connectivity index (χ2v) is 5.93. The number of ether oxygens (including phenoxy) is 1. The molecule has 0 aliphatic carbocycles. The number of phenols is 1. The molecule has 24 heavy (non-hydrogen) atoms. The van der Waals surface area contributed by atoms with Crippen LogP contribution in [0, 0.1) is 0 Å². The van der Waals surface area contributed by atoms with Crippen molar-refractivity contribution in [3.05, 3.63) is 24.3 Å². The summed E-state index contributed by atoms with van der Waals surface area (Å²) in [5.74, 6) is 0.0466. The molecule has 0 bridgehead atoms. The van der Waals surface area contributed by atoms with Gasteiger partial charge in [-0.05, 0) is 18.6 Å². The van der Waals surface area contributed by atoms with E-state index in [4.69, 9.17) is 0 Å². The second-order valence-electron chi connectivity index (χ2n) is 5.93. The third kappa shape index (κ3) is 5.42. The number of amides is 1. The van der Waals surface area contributed by atoms with Gasteiger partial charge < -0.3 is 25.0 Å². The fourth-order valence-corrected chi connectivity index (χ4v) is 2.82. The number of carbonyl (C=O) groups is 2. The molecule has 1 fully saturated rings. The summed E-state index contributed by atoms with van der Waals surface area (Å²) < 4.78 is 4.56. The minimum absolute atomic E-state index is 0.00544. The molecule has 0 aromatic heterocycles. The summed E-state index contributed by atoms with van der Waals surface area (Å²) in [7, 11) is 1.36. The zero-order valence-corrected chi connectivity index (χ0v) is 14.1. The molecule has 0 unspecified atom stereocenters. The number of nitrogens with one attached hydrogen (secondary N) is 2. The number of aromatic hydroxyl groups is 1. The first-order valence-electron chi connectivity index (χ1n) is 8.30. The van der Waals surface area contributed by atoms with Crippen molar-refractivity contribution >= 4 is 17.6 Å². The standard InChI is InChI=1S/C17H25N3O4/c1-24-17(23)7-4-8-18-16(22)13-19-9-11-20(12-10-19)14-5-2-3-6-15(14)21/h2-3,5-6,21H,4,7-13H2,1H3,(H,18,22)/p+1. The van der Waals surface area contributed by atoms with Gasteiger partial charge in [-0.15, -0.1) is 0 Å². The Morgan fingerprint density at radius 1 is 1.29 bits per heavy atom. The quantitative estimate of drug-likeness (QED) is 0.447. The molecule has 0 atom stereocenters. The summed E-state index contributed by atoms with van der Waals surface area (Å²) in [5, 5.41) is 12.7. The van der Waals surface area contributed by atoms with Gasteiger partial charge >= 0.3 is 5.97 Å². The Balaban J connectivity index is 1.66. The van der Waals surface area contributed by atoms with Crippen LogP contribution in [-0.2, 0) is 14.3 Å². The molecule has 1 heterocycles. The topological polar surface area (TPSA) is 83.3 Å². The smallest absolute Gasteiger partial charge is 0.305 e. The van der Waals surface area contributed by atoms with Crippen LogP contribution in [0.15, 0.2) is 24.3 Å². The third-order valence-electron chi connectivity index (χ3n) is 4.21. The lowest BCUT2D eigenvalue weighted by molar-refractivity contribution is -0.892. The van der Waals surface area contributed by atoms with Crippen molar-refractivity contribution in [3.63, 3.8) is 0 Å². The van der Waals surface area contributed by atoms with E-state index >= 15 is 0 Å². The molecule has 0 radical (unpaired) electrons. The first-order chi connectivity index (χ1) is 11.6. The Morgan fingerprint density at radius 3 is 2.67 bits per heavy atom. The van der Waals surface area contributed by atoms with Crippen molar-refractivity contribution in [1.29, 1.82) is 0 Å². The molecular formula is C17H26N3O4+. The Bertz CT molecular complexity index is 557. The zero-order chi connectivity index (χ0) is 17.4. The summed E-state index contributed by atoms with van der Waals surface area (Å²) in [6.07, 6.45) is 0.914. The van der Waals surface area contributed by atoms with Crippen LogP contribution in [0.1, 0.15) is 12.8 Å². The molecule has 7 heteroatoms. The highest BCUT2D eigenvalue weighted by Crippen LogP contribution is 2.25. The van der Waals surface area contributed by atoms with Crippen LogP contribution in [0.2, 0.25) is 0 Å². The average Bonchev–Trinajstić information content (AvgIpc) is 2.60. The predicted octanol–water partition coefficient (Wildman–Crippen LogP) is -0.833. The number of anilines is 1. The van der Waals surface area contributed by atoms with Crippen molar-refractivity contribution < 1.29 is 24.3 Å². The van der Waals surface area contributed by atoms with E-state index < -0.39 is 0 Å². The highest BCUT2D eigenvalue weighted by atomic mass is 16.5. The number of phenolic OH excluding ortho intramolecular Hbond substituents is 1. The van der Waals surface area contributed by atoms with Gasteiger partial charge in [-0.1, -0.05) is 12.1 Å². The first kappa shape index (κ1) is 18.1. The normalized spacial score (nSPS) is 15.1. The average molecular weight is 336 g/mol. The second kappa shape index (κ2) is 9.12. The van der Waals surface area contributed by atoms with Crippen LogP contribution in [-0.4, -0.2) is 63.4 Å². The number of para-hydroxylation sites is 2. The van der Waals surface area contributed by atoms with Crippen molar-refractivity contribution in [2.24, 2.45) is 0 Å². The number of nitrogens with zero attached hydrogens (tertiary/aromatic N) is 1. The summed E-state index contributed by atoms with van der Waals surface area (Å²) >= 11 is 0. The number of quaternary nitrogens is 1. The van der Waals surface area contributed by atoms with Crippen molar-refractivity contribution in [3.8, 4) is 5.75 Å². The van der Waals surface area contributed by atoms with Gasteiger partial charge in [-0.3, -0.25) is 9.59 Å². The number of carbonyl (C=O) groups excluding carboxylic acids is 2. The van der Waals surface area contributed by atoms with Crippen LogP contribution in [0.4, 0.5) is 5.69 Å². The molecule has 1 amide bonds. The van der Waals surface area contributed by atoms with Crippen LogP contribution < -0.4 is 15.1 Å². The minimum Gasteiger partial charge on any atom is -0.506 e. The van der Waals surface area contributed by atoms with Gasteiger partial charge in [0.05, 0.1) is 39.0 Å². The largest absolute Gasteiger partial charge is 0.506 e. The molecule has 0 saturated carbocycles. The van der Waals surface area contributed by atoms with E-state index in [1.807, 2.05) is 18.2 Å². The first-order valence-corrected chi connectivity index (χ1v) is 8.30. The van der Waals surface area contributed by atoms with Crippen LogP contribution in [0.5, 0.6) is 5.75 Å². The van der Waals surface area contributed by atoms with Crippen molar-refractivity contribution in [1.82, 2.24) is 5.32 Å². The van der Waals surface area contributed by atoms with Crippen LogP contribution in [0.25, 0.3) is 0 Å². The number of esters is 1. The molecule has 0 spiro atoms. The summed E-state index contributed by atoms with van der Waals surface area (Å²) in [6.45, 7) is 4.25. The van der Waals surface area contributed by atoms with Crippen molar-refractivity contribution in [2.75, 3.05) is 51.3 Å². The van der Waals surface area contributed by atoms with E-state index in [2.05, 4.69) is 15.0 Å². The Morgan fingerprint density at radius 2 is 2.00 bits per heavy atom. The van der Waals surface area contributed by atoms with E-state index in [1.54, 1.807) is 6.07 Å². The van der Waals surface area contributed by atoms with Gasteiger partial charge in [0.1, 0.15) is 5.75 Å². The third-order valence-corrected chi connectivity index (χ3v) is 4.21. The lowest BCUT2D eigenvalue weighted by Crippen LogP contribution is -3.15. The fraction of sp³-hybridized carbons (Fsp3) is 0.529. The SMILES string of the molecule is COC(=O)CCCNC(=O)C[NH+]1CCN(c2ccccc2O)CC1. The fourth-order valence-electron chi connectivity index (χ4n) is 2.82. The zero-order valence-electron chi connectivity index (χ0n) is 14.1. The highest BCUT2D eigenvalue weighted by molar-refractivity contribution is 5.77. The molecular weight excluding hydrogens is 310 g/mol. The Labute approximate surface area is 142 Å². The summed E-state index contributed by atoms with van der Waals surface area (Å²) in [6, 6.07) is 7.33. The van der Waals surface area contributed by atoms with Gasteiger partial charge in [0.25, 0.3) is 5.91 Å². The number of methoxy groups -OCH3 is 1. The molecule has 1 aromatic rings. The number of rotatable bonds is 7. The maximum atomic E-state index is 11.9. The lowest BCUT2D eigenvalue weighted by Gasteiger charge is -2.33. The minimum atomic E-state index is -0.254. The van der Waals surface area contributed by atoms with Crippen LogP contribution >= 0.6 is 0 Å². The number of hydrogen-bond donors (Lipinski definition) is 3. The van der Waals surface area contributed by atoms with Crippen molar-refractivity contribution in [2.45, 2.75) is 12.8 Å². The highest BCUT2D eigenvalue weighted by Gasteiger charge is 2.23. The molecule has 3 N–H and O–H groups in total. The van der Waals surface area contributed by atoms with E-state index in [0.29, 0.717) is 31.7 Å². The Kier molecular flexibility index (Phi) is 6.87. The van der Waals surface area contributed by atoms with E-state index in [9.17, 15) is 14.7 Å². The monoisotopic (exact) mass is 336 g/mol. The van der Waals surface area contributed by atoms with Gasteiger partial charge in [0.15, 0.2) is 6.54 Å². The predicted molar refractivity (Wildman–Crippen MR) is 90.1 cm³/mol. The molecule has 1 saturated heterocycles. The molecule has 7 nitrogen and oxygen atoms in total. The van der Waals surface area contributed by atoms with Gasteiger partial charge in [0.2, 0.25) is 0 Å². The molecule has 1 aliphatic rings. The van der Waals surface area contributed by atoms with Gasteiger partial charge in [0, 0.05) is 13.0 Å². The molecule has 1 aliphatic heterocycles. The number of hydrogen-bond acceptors (Lipinski definition) is 5. The molecule has 1 aromatic carbocycles. The summed E-state index contributed by atoms with van der Waals surface area (Å²) in [5.41, 5.74) is 0.851. The number of piperazine rings is 1. The molecule has 2 rings (SSSR count). The van der Waals surface area contributed by atoms with E-state index in [1.165, 1.54) is 12.0 Å². The maximum Gasteiger partial charge on any atom is 0.305 e. The van der Waals surface area contributed by atoms with Gasteiger partial charge in [-0.2, -0.15) is 0 Å². The van der Waals surface area contributed by atoms with E-state index in [0.717, 1.165) is 31.9 Å². The van der Waals surface area contributed by atoms with Crippen LogP contribution in [0.3, 0.4) is 0 Å². The summed E-state index contributed by atoms with van der Waals surface area (Å²) in [4.78, 5) is 26.3. The number of benzene rings is 1. The Hall–Kier alpha value is -2.28. The van der Waals surface area contributed by atoms with E-state index in [-0.39, 0.29) is 11.9 Å². The lowest BCUT2D eigenvalue weighted by atomic mass is 10.2.